The van der Waals surface area contributed by atoms with E-state index in [4.69, 9.17) is 9.47 Å². The van der Waals surface area contributed by atoms with Crippen molar-refractivity contribution in [2.45, 2.75) is 6.42 Å². The number of nitrogens with one attached hydrogen (secondary N) is 2. The number of methoxy groups -OCH3 is 2. The van der Waals surface area contributed by atoms with Gasteiger partial charge in [0, 0.05) is 12.6 Å². The van der Waals surface area contributed by atoms with Crippen LogP contribution in [0.1, 0.15) is 5.56 Å². The summed E-state index contributed by atoms with van der Waals surface area (Å²) in [5, 5.41) is 4.85. The maximum absolute atomic E-state index is 13.4. The Kier molecular flexibility index (Phi) is 5.95. The second kappa shape index (κ2) is 8.14. The number of ether oxygens (including phenoxy) is 2. The van der Waals surface area contributed by atoms with E-state index in [1.165, 1.54) is 0 Å². The van der Waals surface area contributed by atoms with E-state index in [9.17, 15) is 13.6 Å². The van der Waals surface area contributed by atoms with Gasteiger partial charge in [-0.1, -0.05) is 6.07 Å². The maximum Gasteiger partial charge on any atom is 0.319 e. The summed E-state index contributed by atoms with van der Waals surface area (Å²) in [5.74, 6) is -0.113. The van der Waals surface area contributed by atoms with E-state index < -0.39 is 17.7 Å². The standard InChI is InChI=1S/C17H18F2N2O3/c1-23-15-6-3-11(9-16(15)24-2)7-8-20-17(22)21-14-10-12(18)4-5-13(14)19/h3-6,9-10H,7-8H2,1-2H3,(H2,20,21,22). The van der Waals surface area contributed by atoms with E-state index in [0.29, 0.717) is 24.5 Å². The number of amides is 2. The van der Waals surface area contributed by atoms with Gasteiger partial charge in [-0.3, -0.25) is 0 Å². The van der Waals surface area contributed by atoms with Crippen LogP contribution >= 0.6 is 0 Å². The van der Waals surface area contributed by atoms with Crippen molar-refractivity contribution in [3.8, 4) is 11.5 Å². The van der Waals surface area contributed by atoms with Crippen molar-refractivity contribution in [2.75, 3.05) is 26.1 Å². The number of urea groups is 1. The summed E-state index contributed by atoms with van der Waals surface area (Å²) >= 11 is 0. The Morgan fingerprint density at radius 1 is 1.04 bits per heavy atom. The van der Waals surface area contributed by atoms with Crippen molar-refractivity contribution in [1.29, 1.82) is 0 Å². The van der Waals surface area contributed by atoms with Crippen molar-refractivity contribution >= 4 is 11.7 Å². The lowest BCUT2D eigenvalue weighted by atomic mass is 10.1. The van der Waals surface area contributed by atoms with Gasteiger partial charge in [-0.05, 0) is 36.2 Å². The molecular weight excluding hydrogens is 318 g/mol. The first-order chi connectivity index (χ1) is 11.5. The lowest BCUT2D eigenvalue weighted by Crippen LogP contribution is -2.30. The second-order valence-electron chi connectivity index (χ2n) is 4.94. The number of benzene rings is 2. The van der Waals surface area contributed by atoms with Gasteiger partial charge in [-0.2, -0.15) is 0 Å². The largest absolute Gasteiger partial charge is 0.493 e. The van der Waals surface area contributed by atoms with Gasteiger partial charge in [0.2, 0.25) is 0 Å². The first kappa shape index (κ1) is 17.5. The Morgan fingerprint density at radius 2 is 1.79 bits per heavy atom. The molecule has 2 aromatic carbocycles. The molecule has 0 aromatic heterocycles. The number of anilines is 1. The molecule has 0 atom stereocenters. The lowest BCUT2D eigenvalue weighted by Gasteiger charge is -2.11. The van der Waals surface area contributed by atoms with Gasteiger partial charge in [0.25, 0.3) is 0 Å². The number of carbonyl (C=O) groups excluding carboxylic acids is 1. The molecule has 2 aromatic rings. The summed E-state index contributed by atoms with van der Waals surface area (Å²) in [7, 11) is 3.09. The third-order valence-corrected chi connectivity index (χ3v) is 3.32. The molecule has 0 fully saturated rings. The fourth-order valence-corrected chi connectivity index (χ4v) is 2.12. The third kappa shape index (κ3) is 4.58. The quantitative estimate of drug-likeness (QED) is 0.850. The molecule has 0 saturated heterocycles. The van der Waals surface area contributed by atoms with Crippen LogP contribution in [0.15, 0.2) is 36.4 Å². The van der Waals surface area contributed by atoms with E-state index in [0.717, 1.165) is 23.8 Å². The van der Waals surface area contributed by atoms with Crippen LogP contribution in [0.4, 0.5) is 19.3 Å². The topological polar surface area (TPSA) is 59.6 Å². The molecule has 7 heteroatoms. The zero-order valence-corrected chi connectivity index (χ0v) is 13.4. The molecule has 0 bridgehead atoms. The average Bonchev–Trinajstić information content (AvgIpc) is 2.58. The highest BCUT2D eigenvalue weighted by Gasteiger charge is 2.08. The van der Waals surface area contributed by atoms with Gasteiger partial charge < -0.3 is 20.1 Å². The smallest absolute Gasteiger partial charge is 0.319 e. The molecule has 0 heterocycles. The van der Waals surface area contributed by atoms with Gasteiger partial charge in [0.1, 0.15) is 11.6 Å². The molecule has 0 aliphatic rings. The van der Waals surface area contributed by atoms with Crippen LogP contribution in [0, 0.1) is 11.6 Å². The van der Waals surface area contributed by atoms with Gasteiger partial charge in [-0.25, -0.2) is 13.6 Å². The van der Waals surface area contributed by atoms with Gasteiger partial charge in [0.05, 0.1) is 19.9 Å². The van der Waals surface area contributed by atoms with E-state index in [2.05, 4.69) is 10.6 Å². The summed E-state index contributed by atoms with van der Waals surface area (Å²) in [6.45, 7) is 0.318. The Labute approximate surface area is 138 Å². The molecule has 0 radical (unpaired) electrons. The minimum atomic E-state index is -0.702. The van der Waals surface area contributed by atoms with Crippen LogP contribution in [-0.4, -0.2) is 26.8 Å². The second-order valence-corrected chi connectivity index (χ2v) is 4.94. The average molecular weight is 336 g/mol. The van der Waals surface area contributed by atoms with Crippen LogP contribution < -0.4 is 20.1 Å². The highest BCUT2D eigenvalue weighted by Crippen LogP contribution is 2.27. The van der Waals surface area contributed by atoms with Gasteiger partial charge in [-0.15, -0.1) is 0 Å². The van der Waals surface area contributed by atoms with Crippen LogP contribution in [0.25, 0.3) is 0 Å². The van der Waals surface area contributed by atoms with Crippen molar-refractivity contribution in [1.82, 2.24) is 5.32 Å². The first-order valence-electron chi connectivity index (χ1n) is 7.24. The van der Waals surface area contributed by atoms with E-state index in [-0.39, 0.29) is 5.69 Å². The molecule has 5 nitrogen and oxygen atoms in total. The number of carbonyl (C=O) groups is 1. The normalized spacial score (nSPS) is 10.2. The third-order valence-electron chi connectivity index (χ3n) is 3.32. The molecule has 2 N–H and O–H groups in total. The minimum absolute atomic E-state index is 0.210. The minimum Gasteiger partial charge on any atom is -0.493 e. The Hall–Kier alpha value is -2.83. The molecule has 2 rings (SSSR count). The van der Waals surface area contributed by atoms with E-state index >= 15 is 0 Å². The number of hydrogen-bond acceptors (Lipinski definition) is 3. The van der Waals surface area contributed by atoms with Crippen molar-refractivity contribution < 1.29 is 23.0 Å². The van der Waals surface area contributed by atoms with Crippen molar-refractivity contribution in [3.63, 3.8) is 0 Å². The molecule has 0 saturated carbocycles. The molecule has 24 heavy (non-hydrogen) atoms. The summed E-state index contributed by atoms with van der Waals surface area (Å²) in [6, 6.07) is 7.68. The van der Waals surface area contributed by atoms with Crippen molar-refractivity contribution in [3.05, 3.63) is 53.6 Å². The highest BCUT2D eigenvalue weighted by atomic mass is 19.1. The zero-order valence-electron chi connectivity index (χ0n) is 13.4. The van der Waals surface area contributed by atoms with Crippen LogP contribution in [0.2, 0.25) is 0 Å². The summed E-state index contributed by atoms with van der Waals surface area (Å²) in [6.07, 6.45) is 0.541. The number of halogens is 2. The molecule has 0 unspecified atom stereocenters. The van der Waals surface area contributed by atoms with Crippen LogP contribution in [0.5, 0.6) is 11.5 Å². The maximum atomic E-state index is 13.4. The predicted octanol–water partition coefficient (Wildman–Crippen LogP) is 3.35. The monoisotopic (exact) mass is 336 g/mol. The van der Waals surface area contributed by atoms with E-state index in [1.807, 2.05) is 12.1 Å². The Balaban J connectivity index is 1.87. The number of hydrogen-bond donors (Lipinski definition) is 2. The lowest BCUT2D eigenvalue weighted by molar-refractivity contribution is 0.252. The molecule has 2 amide bonds. The fourth-order valence-electron chi connectivity index (χ4n) is 2.12. The molecule has 0 aliphatic carbocycles. The fraction of sp³-hybridized carbons (Fsp3) is 0.235. The molecule has 0 spiro atoms. The first-order valence-corrected chi connectivity index (χ1v) is 7.24. The Bertz CT molecular complexity index is 723. The predicted molar refractivity (Wildman–Crippen MR) is 86.6 cm³/mol. The summed E-state index contributed by atoms with van der Waals surface area (Å²) in [4.78, 5) is 11.7. The van der Waals surface area contributed by atoms with Crippen LogP contribution in [0.3, 0.4) is 0 Å². The SMILES string of the molecule is COc1ccc(CCNC(=O)Nc2cc(F)ccc2F)cc1OC. The highest BCUT2D eigenvalue weighted by molar-refractivity contribution is 5.89. The van der Waals surface area contributed by atoms with Crippen molar-refractivity contribution in [2.24, 2.45) is 0 Å². The zero-order chi connectivity index (χ0) is 17.5. The van der Waals surface area contributed by atoms with Crippen LogP contribution in [-0.2, 0) is 6.42 Å². The van der Waals surface area contributed by atoms with Gasteiger partial charge >= 0.3 is 6.03 Å². The van der Waals surface area contributed by atoms with Gasteiger partial charge in [0.15, 0.2) is 11.5 Å². The molecular formula is C17H18F2N2O3. The number of rotatable bonds is 6. The Morgan fingerprint density at radius 3 is 2.50 bits per heavy atom. The molecule has 128 valence electrons. The summed E-state index contributed by atoms with van der Waals surface area (Å²) < 4.78 is 36.8. The van der Waals surface area contributed by atoms with E-state index in [1.54, 1.807) is 20.3 Å². The summed E-state index contributed by atoms with van der Waals surface area (Å²) in [5.41, 5.74) is 0.725. The molecule has 0 aliphatic heterocycles.